The van der Waals surface area contributed by atoms with E-state index in [-0.39, 0.29) is 18.3 Å². The third-order valence-corrected chi connectivity index (χ3v) is 3.65. The minimum atomic E-state index is -4.55. The molecule has 0 unspecified atom stereocenters. The van der Waals surface area contributed by atoms with Gasteiger partial charge < -0.3 is 15.5 Å². The van der Waals surface area contributed by atoms with Crippen LogP contribution in [0.5, 0.6) is 0 Å². The second kappa shape index (κ2) is 8.35. The highest BCUT2D eigenvalue weighted by molar-refractivity contribution is 6.31. The summed E-state index contributed by atoms with van der Waals surface area (Å²) >= 11 is 6.05. The molecule has 2 aromatic rings. The SMILES string of the molecule is CN(C)CCNc1nc(NCc2ccccc2Cl)cc(C(F)(F)F)n1. The molecule has 0 saturated carbocycles. The zero-order chi connectivity index (χ0) is 18.4. The molecule has 1 aromatic heterocycles. The normalized spacial score (nSPS) is 11.6. The van der Waals surface area contributed by atoms with Gasteiger partial charge in [-0.3, -0.25) is 0 Å². The molecule has 0 radical (unpaired) electrons. The molecule has 9 heteroatoms. The minimum Gasteiger partial charge on any atom is -0.366 e. The molecule has 0 spiro atoms. The van der Waals surface area contributed by atoms with Crippen molar-refractivity contribution in [3.05, 3.63) is 46.6 Å². The summed E-state index contributed by atoms with van der Waals surface area (Å²) in [6, 6.07) is 7.97. The molecule has 0 saturated heterocycles. The van der Waals surface area contributed by atoms with Gasteiger partial charge in [-0.1, -0.05) is 29.8 Å². The fourth-order valence-electron chi connectivity index (χ4n) is 1.98. The topological polar surface area (TPSA) is 53.1 Å². The van der Waals surface area contributed by atoms with Crippen molar-refractivity contribution in [2.24, 2.45) is 0 Å². The Balaban J connectivity index is 2.16. The summed E-state index contributed by atoms with van der Waals surface area (Å²) in [5.41, 5.74) is -0.241. The molecular formula is C16H19ClF3N5. The minimum absolute atomic E-state index is 0.0710. The molecule has 1 aromatic carbocycles. The number of nitrogens with zero attached hydrogens (tertiary/aromatic N) is 3. The molecule has 0 fully saturated rings. The quantitative estimate of drug-likeness (QED) is 0.774. The van der Waals surface area contributed by atoms with Crippen molar-refractivity contribution >= 4 is 23.4 Å². The number of benzene rings is 1. The maximum absolute atomic E-state index is 13.1. The number of halogens is 4. The Bertz CT molecular complexity index is 706. The molecule has 0 aliphatic carbocycles. The van der Waals surface area contributed by atoms with Gasteiger partial charge in [-0.15, -0.1) is 0 Å². The average molecular weight is 374 g/mol. The predicted molar refractivity (Wildman–Crippen MR) is 92.9 cm³/mol. The Hall–Kier alpha value is -2.06. The first-order valence-corrected chi connectivity index (χ1v) is 7.95. The van der Waals surface area contributed by atoms with Crippen LogP contribution in [0.15, 0.2) is 30.3 Å². The Kier molecular flexibility index (Phi) is 6.44. The van der Waals surface area contributed by atoms with Gasteiger partial charge in [0.05, 0.1) is 0 Å². The van der Waals surface area contributed by atoms with Gasteiger partial charge >= 0.3 is 6.18 Å². The number of alkyl halides is 3. The lowest BCUT2D eigenvalue weighted by Gasteiger charge is -2.14. The average Bonchev–Trinajstić information content (AvgIpc) is 2.53. The molecule has 0 atom stereocenters. The molecule has 25 heavy (non-hydrogen) atoms. The van der Waals surface area contributed by atoms with Gasteiger partial charge in [0.15, 0.2) is 5.69 Å². The fourth-order valence-corrected chi connectivity index (χ4v) is 2.18. The number of anilines is 2. The maximum Gasteiger partial charge on any atom is 0.433 e. The molecule has 0 amide bonds. The van der Waals surface area contributed by atoms with Gasteiger partial charge in [0, 0.05) is 30.7 Å². The highest BCUT2D eigenvalue weighted by Crippen LogP contribution is 2.30. The van der Waals surface area contributed by atoms with Crippen molar-refractivity contribution in [3.8, 4) is 0 Å². The van der Waals surface area contributed by atoms with Crippen molar-refractivity contribution in [3.63, 3.8) is 0 Å². The van der Waals surface area contributed by atoms with Crippen LogP contribution >= 0.6 is 11.6 Å². The van der Waals surface area contributed by atoms with Crippen molar-refractivity contribution in [2.75, 3.05) is 37.8 Å². The Morgan fingerprint density at radius 2 is 1.84 bits per heavy atom. The molecule has 0 aliphatic heterocycles. The predicted octanol–water partition coefficient (Wildman–Crippen LogP) is 3.73. The van der Waals surface area contributed by atoms with E-state index in [0.717, 1.165) is 11.6 Å². The van der Waals surface area contributed by atoms with Gasteiger partial charge in [0.25, 0.3) is 0 Å². The van der Waals surface area contributed by atoms with Crippen LogP contribution in [-0.4, -0.2) is 42.1 Å². The van der Waals surface area contributed by atoms with Gasteiger partial charge in [0.1, 0.15) is 5.82 Å². The number of nitrogens with one attached hydrogen (secondary N) is 2. The van der Waals surface area contributed by atoms with E-state index in [0.29, 0.717) is 18.1 Å². The van der Waals surface area contributed by atoms with E-state index in [2.05, 4.69) is 20.6 Å². The van der Waals surface area contributed by atoms with Crippen molar-refractivity contribution < 1.29 is 13.2 Å². The monoisotopic (exact) mass is 373 g/mol. The zero-order valence-electron chi connectivity index (χ0n) is 13.9. The molecule has 1 heterocycles. The van der Waals surface area contributed by atoms with Crippen LogP contribution in [0, 0.1) is 0 Å². The summed E-state index contributed by atoms with van der Waals surface area (Å²) < 4.78 is 39.2. The van der Waals surface area contributed by atoms with Gasteiger partial charge in [-0.05, 0) is 25.7 Å². The summed E-state index contributed by atoms with van der Waals surface area (Å²) in [6.07, 6.45) is -4.55. The number of aromatic nitrogens is 2. The van der Waals surface area contributed by atoms with Crippen LogP contribution in [0.2, 0.25) is 5.02 Å². The van der Waals surface area contributed by atoms with E-state index in [1.54, 1.807) is 24.3 Å². The summed E-state index contributed by atoms with van der Waals surface area (Å²) in [6.45, 7) is 1.32. The summed E-state index contributed by atoms with van der Waals surface area (Å²) in [7, 11) is 3.73. The summed E-state index contributed by atoms with van der Waals surface area (Å²) in [5, 5.41) is 6.21. The number of hydrogen-bond acceptors (Lipinski definition) is 5. The van der Waals surface area contributed by atoms with Crippen LogP contribution in [0.4, 0.5) is 24.9 Å². The third-order valence-electron chi connectivity index (χ3n) is 3.28. The summed E-state index contributed by atoms with van der Waals surface area (Å²) in [5.74, 6) is 0.00734. The highest BCUT2D eigenvalue weighted by Gasteiger charge is 2.33. The van der Waals surface area contributed by atoms with E-state index in [1.807, 2.05) is 19.0 Å². The van der Waals surface area contributed by atoms with Crippen LogP contribution in [0.3, 0.4) is 0 Å². The van der Waals surface area contributed by atoms with Crippen LogP contribution in [0.1, 0.15) is 11.3 Å². The van der Waals surface area contributed by atoms with E-state index in [1.165, 1.54) is 0 Å². The number of likely N-dealkylation sites (N-methyl/N-ethyl adjacent to an activating group) is 1. The third kappa shape index (κ3) is 6.06. The van der Waals surface area contributed by atoms with Crippen molar-refractivity contribution in [2.45, 2.75) is 12.7 Å². The summed E-state index contributed by atoms with van der Waals surface area (Å²) in [4.78, 5) is 9.54. The van der Waals surface area contributed by atoms with Crippen molar-refractivity contribution in [1.29, 1.82) is 0 Å². The second-order valence-corrected chi connectivity index (χ2v) is 6.04. The molecular weight excluding hydrogens is 355 g/mol. The fraction of sp³-hybridized carbons (Fsp3) is 0.375. The molecule has 5 nitrogen and oxygen atoms in total. The number of rotatable bonds is 7. The van der Waals surface area contributed by atoms with Crippen LogP contribution in [0.25, 0.3) is 0 Å². The van der Waals surface area contributed by atoms with E-state index >= 15 is 0 Å². The van der Waals surface area contributed by atoms with Gasteiger partial charge in [-0.2, -0.15) is 18.2 Å². The van der Waals surface area contributed by atoms with E-state index in [4.69, 9.17) is 11.6 Å². The first-order valence-electron chi connectivity index (χ1n) is 7.58. The highest BCUT2D eigenvalue weighted by atomic mass is 35.5. The van der Waals surface area contributed by atoms with Crippen LogP contribution < -0.4 is 10.6 Å². The molecule has 2 N–H and O–H groups in total. The molecule has 136 valence electrons. The Labute approximate surface area is 149 Å². The Morgan fingerprint density at radius 1 is 1.12 bits per heavy atom. The number of hydrogen-bond donors (Lipinski definition) is 2. The van der Waals surface area contributed by atoms with Gasteiger partial charge in [0.2, 0.25) is 5.95 Å². The van der Waals surface area contributed by atoms with E-state index < -0.39 is 11.9 Å². The Morgan fingerprint density at radius 3 is 2.48 bits per heavy atom. The molecule has 0 aliphatic rings. The standard InChI is InChI=1S/C16H19ClF3N5/c1-25(2)8-7-21-15-23-13(16(18,19)20)9-14(24-15)22-10-11-5-3-4-6-12(11)17/h3-6,9H,7-8,10H2,1-2H3,(H2,21,22,23,24). The van der Waals surface area contributed by atoms with Crippen molar-refractivity contribution in [1.82, 2.24) is 14.9 Å². The first kappa shape index (κ1) is 19.3. The maximum atomic E-state index is 13.1. The first-order chi connectivity index (χ1) is 11.8. The molecule has 2 rings (SSSR count). The van der Waals surface area contributed by atoms with E-state index in [9.17, 15) is 13.2 Å². The smallest absolute Gasteiger partial charge is 0.366 e. The molecule has 0 bridgehead atoms. The zero-order valence-corrected chi connectivity index (χ0v) is 14.6. The lowest BCUT2D eigenvalue weighted by molar-refractivity contribution is -0.141. The second-order valence-electron chi connectivity index (χ2n) is 5.63. The lowest BCUT2D eigenvalue weighted by atomic mass is 10.2. The lowest BCUT2D eigenvalue weighted by Crippen LogP contribution is -2.22. The van der Waals surface area contributed by atoms with Crippen LogP contribution in [-0.2, 0) is 12.7 Å². The van der Waals surface area contributed by atoms with Gasteiger partial charge in [-0.25, -0.2) is 4.98 Å². The largest absolute Gasteiger partial charge is 0.433 e.